The minimum absolute atomic E-state index is 0.0302. The Balaban J connectivity index is 1.87. The van der Waals surface area contributed by atoms with Crippen molar-refractivity contribution in [2.75, 3.05) is 13.7 Å². The Morgan fingerprint density at radius 1 is 1.26 bits per heavy atom. The highest BCUT2D eigenvalue weighted by Crippen LogP contribution is 2.54. The Morgan fingerprint density at radius 3 is 2.74 bits per heavy atom. The lowest BCUT2D eigenvalue weighted by Crippen LogP contribution is -2.49. The predicted octanol–water partition coefficient (Wildman–Crippen LogP) is 3.35. The number of methoxy groups -OCH3 is 1. The number of hydrogen-bond donors (Lipinski definition) is 0. The normalized spacial score (nSPS) is 27.7. The van der Waals surface area contributed by atoms with Crippen molar-refractivity contribution in [1.82, 2.24) is 0 Å². The Morgan fingerprint density at radius 2 is 2.04 bits per heavy atom. The number of hydrogen-bond acceptors (Lipinski definition) is 6. The van der Waals surface area contributed by atoms with Crippen LogP contribution in [0.1, 0.15) is 45.1 Å². The summed E-state index contributed by atoms with van der Waals surface area (Å²) in [4.78, 5) is 25.8. The van der Waals surface area contributed by atoms with E-state index in [1.165, 1.54) is 0 Å². The molecule has 2 heterocycles. The number of carbonyl (C=O) groups is 2. The van der Waals surface area contributed by atoms with Gasteiger partial charge in [0.1, 0.15) is 23.2 Å². The second-order valence-corrected chi connectivity index (χ2v) is 8.04. The first-order valence-electron chi connectivity index (χ1n) is 9.29. The zero-order chi connectivity index (χ0) is 19.3. The number of esters is 1. The summed E-state index contributed by atoms with van der Waals surface area (Å²) in [5.74, 6) is 0.376. The van der Waals surface area contributed by atoms with Gasteiger partial charge in [-0.2, -0.15) is 0 Å². The van der Waals surface area contributed by atoms with E-state index >= 15 is 0 Å². The van der Waals surface area contributed by atoms with Gasteiger partial charge in [0.25, 0.3) is 6.29 Å². The van der Waals surface area contributed by atoms with Gasteiger partial charge in [-0.1, -0.05) is 19.9 Å². The van der Waals surface area contributed by atoms with E-state index in [0.717, 1.165) is 5.56 Å². The summed E-state index contributed by atoms with van der Waals surface area (Å²) in [6, 6.07) is 5.45. The molecule has 0 saturated carbocycles. The van der Waals surface area contributed by atoms with Crippen LogP contribution in [0.3, 0.4) is 0 Å². The van der Waals surface area contributed by atoms with Crippen molar-refractivity contribution in [2.24, 2.45) is 11.3 Å². The van der Waals surface area contributed by atoms with E-state index in [0.29, 0.717) is 35.7 Å². The highest BCUT2D eigenvalue weighted by molar-refractivity contribution is 6.00. The van der Waals surface area contributed by atoms with Crippen LogP contribution in [-0.2, 0) is 19.1 Å². The zero-order valence-corrected chi connectivity index (χ0v) is 16.0. The number of Topliss-reactive ketones (excluding diaryl/α,β-unsaturated/α-hetero) is 1. The third kappa shape index (κ3) is 2.87. The number of ether oxygens (including phenoxy) is 4. The van der Waals surface area contributed by atoms with Gasteiger partial charge in [-0.25, -0.2) is 0 Å². The second-order valence-electron chi connectivity index (χ2n) is 8.04. The van der Waals surface area contributed by atoms with E-state index < -0.39 is 24.1 Å². The summed E-state index contributed by atoms with van der Waals surface area (Å²) in [5.41, 5.74) is 1.22. The molecule has 1 aliphatic carbocycles. The van der Waals surface area contributed by atoms with Crippen molar-refractivity contribution in [2.45, 2.75) is 45.8 Å². The largest absolute Gasteiger partial charge is 0.497 e. The van der Waals surface area contributed by atoms with Crippen molar-refractivity contribution >= 4 is 11.8 Å². The third-order valence-electron chi connectivity index (χ3n) is 5.46. The molecule has 0 spiro atoms. The second kappa shape index (κ2) is 6.29. The number of allylic oxidation sites excluding steroid dienone is 2. The molecule has 3 aliphatic rings. The van der Waals surface area contributed by atoms with Crippen LogP contribution >= 0.6 is 0 Å². The van der Waals surface area contributed by atoms with Crippen molar-refractivity contribution < 1.29 is 28.5 Å². The topological polar surface area (TPSA) is 71.1 Å². The van der Waals surface area contributed by atoms with Gasteiger partial charge in [-0.3, -0.25) is 9.59 Å². The maximum absolute atomic E-state index is 13.0. The van der Waals surface area contributed by atoms with Crippen LogP contribution in [0.2, 0.25) is 0 Å². The third-order valence-corrected chi connectivity index (χ3v) is 5.46. The summed E-state index contributed by atoms with van der Waals surface area (Å²) >= 11 is 0. The molecule has 6 heteroatoms. The maximum atomic E-state index is 13.0. The zero-order valence-electron chi connectivity index (χ0n) is 16.0. The van der Waals surface area contributed by atoms with E-state index in [-0.39, 0.29) is 17.8 Å². The first-order valence-corrected chi connectivity index (χ1v) is 9.29. The van der Waals surface area contributed by atoms with Crippen LogP contribution in [0, 0.1) is 11.3 Å². The van der Waals surface area contributed by atoms with Gasteiger partial charge < -0.3 is 18.9 Å². The first-order chi connectivity index (χ1) is 12.8. The highest BCUT2D eigenvalue weighted by Gasteiger charge is 2.54. The molecule has 6 nitrogen and oxygen atoms in total. The first kappa shape index (κ1) is 17.9. The molecule has 1 aromatic rings. The summed E-state index contributed by atoms with van der Waals surface area (Å²) in [7, 11) is 1.58. The van der Waals surface area contributed by atoms with Crippen LogP contribution in [0.25, 0.3) is 0 Å². The summed E-state index contributed by atoms with van der Waals surface area (Å²) in [6.07, 6.45) is 0.262. The van der Waals surface area contributed by atoms with Gasteiger partial charge in [-0.05, 0) is 18.4 Å². The van der Waals surface area contributed by atoms with E-state index in [1.807, 2.05) is 26.0 Å². The molecule has 144 valence electrons. The van der Waals surface area contributed by atoms with E-state index in [1.54, 1.807) is 20.1 Å². The molecule has 1 aromatic carbocycles. The molecule has 0 radical (unpaired) electrons. The molecule has 0 fully saturated rings. The van der Waals surface area contributed by atoms with Crippen LogP contribution in [-0.4, -0.2) is 31.8 Å². The minimum Gasteiger partial charge on any atom is -0.497 e. The van der Waals surface area contributed by atoms with E-state index in [9.17, 15) is 9.59 Å². The summed E-state index contributed by atoms with van der Waals surface area (Å²) in [6.45, 7) is 6.11. The number of fused-ring (bicyclic) bond motifs is 5. The molecular formula is C21H24O6. The van der Waals surface area contributed by atoms with Crippen molar-refractivity contribution in [1.29, 1.82) is 0 Å². The van der Waals surface area contributed by atoms with Crippen molar-refractivity contribution in [3.63, 3.8) is 0 Å². The fourth-order valence-corrected chi connectivity index (χ4v) is 4.34. The van der Waals surface area contributed by atoms with E-state index in [2.05, 4.69) is 0 Å². The molecule has 0 amide bonds. The Bertz CT molecular complexity index is 837. The molecule has 2 aliphatic heterocycles. The quantitative estimate of drug-likeness (QED) is 0.758. The molecule has 2 bridgehead atoms. The molecule has 0 N–H and O–H groups in total. The lowest BCUT2D eigenvalue weighted by Gasteiger charge is -2.46. The lowest BCUT2D eigenvalue weighted by atomic mass is 9.67. The Hall–Kier alpha value is -2.50. The predicted molar refractivity (Wildman–Crippen MR) is 96.4 cm³/mol. The average Bonchev–Trinajstić information content (AvgIpc) is 2.59. The summed E-state index contributed by atoms with van der Waals surface area (Å²) < 4.78 is 22.7. The Labute approximate surface area is 158 Å². The molecule has 27 heavy (non-hydrogen) atoms. The highest BCUT2D eigenvalue weighted by atomic mass is 16.7. The van der Waals surface area contributed by atoms with Crippen molar-refractivity contribution in [3.05, 3.63) is 35.1 Å². The number of ketones is 1. The fourth-order valence-electron chi connectivity index (χ4n) is 4.34. The van der Waals surface area contributed by atoms with Gasteiger partial charge in [0, 0.05) is 36.0 Å². The van der Waals surface area contributed by atoms with Crippen LogP contribution < -0.4 is 9.47 Å². The van der Waals surface area contributed by atoms with Gasteiger partial charge in [0.05, 0.1) is 13.7 Å². The number of rotatable bonds is 3. The van der Waals surface area contributed by atoms with Gasteiger partial charge in [-0.15, -0.1) is 0 Å². The fraction of sp³-hybridized carbons (Fsp3) is 0.524. The van der Waals surface area contributed by atoms with Gasteiger partial charge in [0.15, 0.2) is 5.78 Å². The molecule has 0 aromatic heterocycles. The SMILES string of the molecule is CCOC(=O)C1C2OC3=C(C(=O)CC(C)(C)C3)C1c1ccc(OC)cc1O2. The smallest absolute Gasteiger partial charge is 0.317 e. The lowest BCUT2D eigenvalue weighted by molar-refractivity contribution is -0.174. The molecular weight excluding hydrogens is 348 g/mol. The summed E-state index contributed by atoms with van der Waals surface area (Å²) in [5, 5.41) is 0. The molecule has 3 unspecified atom stereocenters. The molecule has 4 rings (SSSR count). The minimum atomic E-state index is -0.811. The van der Waals surface area contributed by atoms with Gasteiger partial charge >= 0.3 is 5.97 Å². The standard InChI is InChI=1S/C21H24O6/c1-5-25-19(23)18-16-12-7-6-11(24-4)8-14(12)26-20(18)27-15-10-21(2,3)9-13(22)17(15)16/h6-8,16,18,20H,5,9-10H2,1-4H3. The van der Waals surface area contributed by atoms with Crippen molar-refractivity contribution in [3.8, 4) is 11.5 Å². The Kier molecular flexibility index (Phi) is 4.17. The molecule has 0 saturated heterocycles. The van der Waals surface area contributed by atoms with Gasteiger partial charge in [0.2, 0.25) is 0 Å². The van der Waals surface area contributed by atoms with Crippen LogP contribution in [0.4, 0.5) is 0 Å². The maximum Gasteiger partial charge on any atom is 0.317 e. The van der Waals surface area contributed by atoms with Crippen LogP contribution in [0.5, 0.6) is 11.5 Å². The number of benzene rings is 1. The van der Waals surface area contributed by atoms with E-state index in [4.69, 9.17) is 18.9 Å². The number of carbonyl (C=O) groups excluding carboxylic acids is 2. The van der Waals surface area contributed by atoms with Crippen LogP contribution in [0.15, 0.2) is 29.5 Å². The average molecular weight is 372 g/mol. The monoisotopic (exact) mass is 372 g/mol. The molecule has 3 atom stereocenters.